The van der Waals surface area contributed by atoms with Crippen LogP contribution >= 0.6 is 0 Å². The molecule has 0 bridgehead atoms. The van der Waals surface area contributed by atoms with Crippen molar-refractivity contribution in [1.82, 2.24) is 4.98 Å². The molecule has 0 unspecified atom stereocenters. The van der Waals surface area contributed by atoms with Crippen molar-refractivity contribution in [2.24, 2.45) is 0 Å². The molecule has 2 aromatic carbocycles. The summed E-state index contributed by atoms with van der Waals surface area (Å²) in [4.78, 5) is 4.42. The van der Waals surface area contributed by atoms with Crippen LogP contribution in [0.15, 0.2) is 54.7 Å². The number of fused-ring (bicyclic) bond motifs is 1. The number of hydrogen-bond acceptors (Lipinski definition) is 3. The first-order valence-electron chi connectivity index (χ1n) is 6.39. The van der Waals surface area contributed by atoms with Crippen molar-refractivity contribution in [3.8, 4) is 6.07 Å². The van der Waals surface area contributed by atoms with Crippen LogP contribution < -0.4 is 5.32 Å². The lowest BCUT2D eigenvalue weighted by Gasteiger charge is -2.10. The first-order valence-corrected chi connectivity index (χ1v) is 6.39. The molecule has 0 aliphatic heterocycles. The van der Waals surface area contributed by atoms with Crippen LogP contribution in [0, 0.1) is 18.3 Å². The minimum absolute atomic E-state index is 0.701. The van der Waals surface area contributed by atoms with E-state index in [-0.39, 0.29) is 0 Å². The first kappa shape index (κ1) is 12.2. The zero-order valence-electron chi connectivity index (χ0n) is 11.1. The van der Waals surface area contributed by atoms with Crippen molar-refractivity contribution in [3.63, 3.8) is 0 Å². The summed E-state index contributed by atoms with van der Waals surface area (Å²) >= 11 is 0. The molecule has 1 heterocycles. The smallest absolute Gasteiger partial charge is 0.0994 e. The van der Waals surface area contributed by atoms with Crippen molar-refractivity contribution in [2.75, 3.05) is 5.32 Å². The fraction of sp³-hybridized carbons (Fsp3) is 0.0588. The van der Waals surface area contributed by atoms with Crippen LogP contribution in [0.1, 0.15) is 11.1 Å². The molecular weight excluding hydrogens is 246 g/mol. The quantitative estimate of drug-likeness (QED) is 0.751. The molecule has 3 nitrogen and oxygen atoms in total. The van der Waals surface area contributed by atoms with E-state index in [2.05, 4.69) is 16.4 Å². The summed E-state index contributed by atoms with van der Waals surface area (Å²) in [5.74, 6) is 0. The van der Waals surface area contributed by atoms with E-state index in [1.54, 1.807) is 6.20 Å². The lowest BCUT2D eigenvalue weighted by atomic mass is 10.1. The van der Waals surface area contributed by atoms with Gasteiger partial charge in [0.1, 0.15) is 0 Å². The van der Waals surface area contributed by atoms with E-state index in [1.807, 2.05) is 55.5 Å². The second kappa shape index (κ2) is 5.02. The van der Waals surface area contributed by atoms with Crippen LogP contribution in [0.2, 0.25) is 0 Å². The molecular formula is C17H13N3. The van der Waals surface area contributed by atoms with Gasteiger partial charge in [-0.3, -0.25) is 4.98 Å². The SMILES string of the molecule is Cc1cc(Nc2cccc3cccnc23)ccc1C#N. The molecule has 0 aliphatic rings. The number of aryl methyl sites for hydroxylation is 1. The summed E-state index contributed by atoms with van der Waals surface area (Å²) in [6.07, 6.45) is 1.79. The molecule has 0 atom stereocenters. The predicted molar refractivity (Wildman–Crippen MR) is 80.9 cm³/mol. The van der Waals surface area contributed by atoms with E-state index >= 15 is 0 Å². The average molecular weight is 259 g/mol. The molecule has 3 aromatic rings. The minimum atomic E-state index is 0.701. The summed E-state index contributed by atoms with van der Waals surface area (Å²) in [6.45, 7) is 1.94. The molecule has 0 fully saturated rings. The van der Waals surface area contributed by atoms with Gasteiger partial charge in [-0.05, 0) is 42.8 Å². The maximum absolute atomic E-state index is 8.96. The molecule has 0 amide bonds. The van der Waals surface area contributed by atoms with Gasteiger partial charge in [-0.15, -0.1) is 0 Å². The molecule has 3 rings (SSSR count). The third-order valence-corrected chi connectivity index (χ3v) is 3.26. The number of pyridine rings is 1. The monoisotopic (exact) mass is 259 g/mol. The number of hydrogen-bond donors (Lipinski definition) is 1. The van der Waals surface area contributed by atoms with E-state index in [9.17, 15) is 0 Å². The predicted octanol–water partition coefficient (Wildman–Crippen LogP) is 4.16. The lowest BCUT2D eigenvalue weighted by Crippen LogP contribution is -1.94. The van der Waals surface area contributed by atoms with Gasteiger partial charge in [0.2, 0.25) is 0 Å². The fourth-order valence-electron chi connectivity index (χ4n) is 2.23. The highest BCUT2D eigenvalue weighted by atomic mass is 14.9. The number of aromatic nitrogens is 1. The van der Waals surface area contributed by atoms with Crippen LogP contribution in [-0.4, -0.2) is 4.98 Å². The van der Waals surface area contributed by atoms with Gasteiger partial charge < -0.3 is 5.32 Å². The summed E-state index contributed by atoms with van der Waals surface area (Å²) < 4.78 is 0. The van der Waals surface area contributed by atoms with E-state index in [0.29, 0.717) is 5.56 Å². The van der Waals surface area contributed by atoms with Gasteiger partial charge in [0, 0.05) is 17.3 Å². The van der Waals surface area contributed by atoms with E-state index in [1.165, 1.54) is 0 Å². The molecule has 0 radical (unpaired) electrons. The topological polar surface area (TPSA) is 48.7 Å². The number of nitriles is 1. The Labute approximate surface area is 117 Å². The van der Waals surface area contributed by atoms with E-state index in [0.717, 1.165) is 27.8 Å². The molecule has 0 aliphatic carbocycles. The van der Waals surface area contributed by atoms with E-state index < -0.39 is 0 Å². The Morgan fingerprint density at radius 2 is 1.95 bits per heavy atom. The molecule has 1 aromatic heterocycles. The highest BCUT2D eigenvalue weighted by Crippen LogP contribution is 2.25. The van der Waals surface area contributed by atoms with Crippen molar-refractivity contribution in [2.45, 2.75) is 6.92 Å². The molecule has 1 N–H and O–H groups in total. The highest BCUT2D eigenvalue weighted by Gasteiger charge is 2.03. The molecule has 20 heavy (non-hydrogen) atoms. The number of nitrogens with zero attached hydrogens (tertiary/aromatic N) is 2. The molecule has 0 saturated carbocycles. The lowest BCUT2D eigenvalue weighted by molar-refractivity contribution is 1.38. The van der Waals surface area contributed by atoms with Crippen LogP contribution in [-0.2, 0) is 0 Å². The fourth-order valence-corrected chi connectivity index (χ4v) is 2.23. The third-order valence-electron chi connectivity index (χ3n) is 3.26. The largest absolute Gasteiger partial charge is 0.354 e. The molecule has 0 spiro atoms. The first-order chi connectivity index (χ1) is 9.78. The Morgan fingerprint density at radius 3 is 2.75 bits per heavy atom. The zero-order valence-corrected chi connectivity index (χ0v) is 11.1. The normalized spacial score (nSPS) is 10.2. The standard InChI is InChI=1S/C17H13N3/c1-12-10-15(8-7-14(12)11-18)20-16-6-2-4-13-5-3-9-19-17(13)16/h2-10,20H,1H3. The van der Waals surface area contributed by atoms with Gasteiger partial charge in [-0.2, -0.15) is 5.26 Å². The summed E-state index contributed by atoms with van der Waals surface area (Å²) in [5.41, 5.74) is 4.53. The zero-order chi connectivity index (χ0) is 13.9. The Bertz CT molecular complexity index is 811. The van der Waals surface area contributed by atoms with Gasteiger partial charge >= 0.3 is 0 Å². The van der Waals surface area contributed by atoms with Gasteiger partial charge in [0.15, 0.2) is 0 Å². The second-order valence-corrected chi connectivity index (χ2v) is 4.65. The van der Waals surface area contributed by atoms with Crippen molar-refractivity contribution in [1.29, 1.82) is 5.26 Å². The Balaban J connectivity index is 2.02. The van der Waals surface area contributed by atoms with Gasteiger partial charge in [-0.1, -0.05) is 18.2 Å². The van der Waals surface area contributed by atoms with E-state index in [4.69, 9.17) is 5.26 Å². The van der Waals surface area contributed by atoms with Crippen LogP contribution in [0.5, 0.6) is 0 Å². The van der Waals surface area contributed by atoms with Crippen LogP contribution in [0.3, 0.4) is 0 Å². The number of anilines is 2. The Hall–Kier alpha value is -2.86. The van der Waals surface area contributed by atoms with Crippen LogP contribution in [0.25, 0.3) is 10.9 Å². The summed E-state index contributed by atoms with van der Waals surface area (Å²) in [6, 6.07) is 17.9. The average Bonchev–Trinajstić information content (AvgIpc) is 2.48. The third kappa shape index (κ3) is 2.19. The summed E-state index contributed by atoms with van der Waals surface area (Å²) in [5, 5.41) is 13.4. The number of para-hydroxylation sites is 1. The molecule has 3 heteroatoms. The van der Waals surface area contributed by atoms with Crippen LogP contribution in [0.4, 0.5) is 11.4 Å². The minimum Gasteiger partial charge on any atom is -0.354 e. The number of nitrogens with one attached hydrogen (secondary N) is 1. The van der Waals surface area contributed by atoms with Crippen molar-refractivity contribution in [3.05, 3.63) is 65.9 Å². The van der Waals surface area contributed by atoms with Gasteiger partial charge in [0.05, 0.1) is 22.8 Å². The maximum Gasteiger partial charge on any atom is 0.0994 e. The highest BCUT2D eigenvalue weighted by molar-refractivity contribution is 5.91. The Kier molecular flexibility index (Phi) is 3.06. The number of rotatable bonds is 2. The van der Waals surface area contributed by atoms with Gasteiger partial charge in [-0.25, -0.2) is 0 Å². The van der Waals surface area contributed by atoms with Crippen molar-refractivity contribution >= 4 is 22.3 Å². The number of benzene rings is 2. The van der Waals surface area contributed by atoms with Crippen molar-refractivity contribution < 1.29 is 0 Å². The second-order valence-electron chi connectivity index (χ2n) is 4.65. The molecule has 96 valence electrons. The van der Waals surface area contributed by atoms with Gasteiger partial charge in [0.25, 0.3) is 0 Å². The molecule has 0 saturated heterocycles. The Morgan fingerprint density at radius 1 is 1.10 bits per heavy atom. The maximum atomic E-state index is 8.96. The summed E-state index contributed by atoms with van der Waals surface area (Å²) in [7, 11) is 0.